The highest BCUT2D eigenvalue weighted by molar-refractivity contribution is 5.92. The zero-order chi connectivity index (χ0) is 29.3. The van der Waals surface area contributed by atoms with Gasteiger partial charge in [0.05, 0.1) is 17.4 Å². The fourth-order valence-electron chi connectivity index (χ4n) is 4.37. The van der Waals surface area contributed by atoms with E-state index in [1.807, 2.05) is 13.8 Å². The highest BCUT2D eigenvalue weighted by Crippen LogP contribution is 2.23. The molecule has 5 heteroatoms. The Hall–Kier alpha value is -3.21. The van der Waals surface area contributed by atoms with Crippen LogP contribution in [-0.4, -0.2) is 27.2 Å². The van der Waals surface area contributed by atoms with Crippen molar-refractivity contribution in [3.05, 3.63) is 71.9 Å². The van der Waals surface area contributed by atoms with E-state index in [-0.39, 0.29) is 17.9 Å². The van der Waals surface area contributed by atoms with E-state index in [4.69, 9.17) is 9.98 Å². The summed E-state index contributed by atoms with van der Waals surface area (Å²) in [5.41, 5.74) is 7.04. The van der Waals surface area contributed by atoms with E-state index >= 15 is 0 Å². The van der Waals surface area contributed by atoms with E-state index in [9.17, 15) is 4.79 Å². The quantitative estimate of drug-likeness (QED) is 0.210. The average molecular weight is 531 g/mol. The lowest BCUT2D eigenvalue weighted by Gasteiger charge is -2.23. The summed E-state index contributed by atoms with van der Waals surface area (Å²) in [7, 11) is 2.08. The van der Waals surface area contributed by atoms with Crippen LogP contribution in [0, 0.1) is 17.8 Å². The van der Waals surface area contributed by atoms with Crippen molar-refractivity contribution in [2.24, 2.45) is 29.8 Å². The minimum absolute atomic E-state index is 0.0651. The van der Waals surface area contributed by atoms with Gasteiger partial charge in [0.1, 0.15) is 5.82 Å². The number of nitrogens with zero attached hydrogens (tertiary/aromatic N) is 3. The fourth-order valence-corrected chi connectivity index (χ4v) is 4.37. The number of rotatable bonds is 13. The summed E-state index contributed by atoms with van der Waals surface area (Å²) in [5, 5.41) is 3.15. The number of hydrogen-bond acceptors (Lipinski definition) is 3. The number of benzene rings is 1. The Kier molecular flexibility index (Phi) is 12.2. The number of amides is 1. The molecule has 1 N–H and O–H groups in total. The van der Waals surface area contributed by atoms with Crippen LogP contribution in [0.25, 0.3) is 16.8 Å². The first-order valence-electron chi connectivity index (χ1n) is 14.3. The maximum absolute atomic E-state index is 12.4. The van der Waals surface area contributed by atoms with E-state index in [1.54, 1.807) is 0 Å². The molecule has 0 aliphatic heterocycles. The van der Waals surface area contributed by atoms with Crippen molar-refractivity contribution in [1.82, 2.24) is 14.9 Å². The van der Waals surface area contributed by atoms with E-state index in [1.165, 1.54) is 0 Å². The van der Waals surface area contributed by atoms with Gasteiger partial charge in [0.2, 0.25) is 5.91 Å². The number of hydrogen-bond donors (Lipinski definition) is 1. The first-order chi connectivity index (χ1) is 18.3. The van der Waals surface area contributed by atoms with Crippen molar-refractivity contribution in [3.63, 3.8) is 0 Å². The van der Waals surface area contributed by atoms with Crippen LogP contribution in [0.3, 0.4) is 0 Å². The Morgan fingerprint density at radius 2 is 1.67 bits per heavy atom. The monoisotopic (exact) mass is 530 g/mol. The van der Waals surface area contributed by atoms with Crippen molar-refractivity contribution in [2.45, 2.75) is 87.6 Å². The highest BCUT2D eigenvalue weighted by atomic mass is 16.1. The van der Waals surface area contributed by atoms with E-state index in [0.717, 1.165) is 52.3 Å². The molecular weight excluding hydrogens is 480 g/mol. The molecule has 0 fully saturated rings. The summed E-state index contributed by atoms with van der Waals surface area (Å²) < 4.78 is 2.14. The second-order valence-corrected chi connectivity index (χ2v) is 11.9. The van der Waals surface area contributed by atoms with Gasteiger partial charge in [0.25, 0.3) is 0 Å². The number of imidazole rings is 1. The summed E-state index contributed by atoms with van der Waals surface area (Å²) in [4.78, 5) is 22.0. The molecule has 39 heavy (non-hydrogen) atoms. The number of carbonyl (C=O) groups is 1. The lowest BCUT2D eigenvalue weighted by atomic mass is 9.99. The van der Waals surface area contributed by atoms with Crippen LogP contribution < -0.4 is 5.32 Å². The molecule has 2 aromatic rings. The number of allylic oxidation sites excluding steroid dienone is 4. The molecule has 212 valence electrons. The molecule has 0 aliphatic carbocycles. The molecule has 1 aromatic heterocycles. The molecule has 0 saturated heterocycles. The van der Waals surface area contributed by atoms with Crippen molar-refractivity contribution in [2.75, 3.05) is 0 Å². The van der Waals surface area contributed by atoms with Crippen LogP contribution in [0.1, 0.15) is 86.5 Å². The van der Waals surface area contributed by atoms with E-state index < -0.39 is 0 Å². The van der Waals surface area contributed by atoms with Gasteiger partial charge in [-0.25, -0.2) is 4.98 Å². The lowest BCUT2D eigenvalue weighted by molar-refractivity contribution is -0.122. The van der Waals surface area contributed by atoms with Crippen LogP contribution in [0.4, 0.5) is 0 Å². The van der Waals surface area contributed by atoms with Gasteiger partial charge in [-0.15, -0.1) is 0 Å². The lowest BCUT2D eigenvalue weighted by Crippen LogP contribution is -2.43. The standard InChI is InChI=1S/C34H50N4O/c1-22(2)12-19-32-36-31(21-38(32)11)30-17-15-29(16-18-30)26(8)14-13-25(7)27(9)35-28(10)34(24(5)6)37-33(39)20-23(3)4/h13-18,21-24,34H,9,12,19-20H2,1-8,10-11H3,(H,37,39)/b25-13+,26-14+,35-28+/t34-/m0/s1. The molecule has 0 unspecified atom stereocenters. The van der Waals surface area contributed by atoms with Crippen molar-refractivity contribution in [1.29, 1.82) is 0 Å². The van der Waals surface area contributed by atoms with Gasteiger partial charge in [0.15, 0.2) is 0 Å². The van der Waals surface area contributed by atoms with Crippen LogP contribution in [-0.2, 0) is 18.3 Å². The van der Waals surface area contributed by atoms with E-state index in [0.29, 0.717) is 24.0 Å². The molecule has 1 atom stereocenters. The smallest absolute Gasteiger partial charge is 0.220 e. The second kappa shape index (κ2) is 14.8. The van der Waals surface area contributed by atoms with Gasteiger partial charge >= 0.3 is 0 Å². The van der Waals surface area contributed by atoms with Crippen LogP contribution in [0.5, 0.6) is 0 Å². The fraction of sp³-hybridized carbons (Fsp3) is 0.500. The molecule has 1 aromatic carbocycles. The Morgan fingerprint density at radius 1 is 1.03 bits per heavy atom. The Labute approximate surface area is 237 Å². The first kappa shape index (κ1) is 32.0. The van der Waals surface area contributed by atoms with Crippen molar-refractivity contribution >= 4 is 17.2 Å². The third-order valence-corrected chi connectivity index (χ3v) is 6.93. The molecule has 0 aliphatic rings. The third-order valence-electron chi connectivity index (χ3n) is 6.93. The number of aliphatic imine (C=N–C) groups is 1. The van der Waals surface area contributed by atoms with Crippen LogP contribution >= 0.6 is 0 Å². The number of aromatic nitrogens is 2. The Bertz CT molecular complexity index is 1210. The van der Waals surface area contributed by atoms with Gasteiger partial charge in [-0.3, -0.25) is 9.79 Å². The zero-order valence-electron chi connectivity index (χ0n) is 25.9. The number of aryl methyl sites for hydroxylation is 2. The molecule has 1 amide bonds. The highest BCUT2D eigenvalue weighted by Gasteiger charge is 2.20. The van der Waals surface area contributed by atoms with Gasteiger partial charge in [0, 0.05) is 37.4 Å². The molecular formula is C34H50N4O. The molecule has 0 saturated carbocycles. The predicted molar refractivity (Wildman–Crippen MR) is 168 cm³/mol. The van der Waals surface area contributed by atoms with Crippen molar-refractivity contribution in [3.8, 4) is 11.3 Å². The largest absolute Gasteiger partial charge is 0.348 e. The summed E-state index contributed by atoms with van der Waals surface area (Å²) in [6, 6.07) is 8.48. The van der Waals surface area contributed by atoms with E-state index in [2.05, 4.69) is 115 Å². The predicted octanol–water partition coefficient (Wildman–Crippen LogP) is 8.19. The average Bonchev–Trinajstić information content (AvgIpc) is 3.23. The summed E-state index contributed by atoms with van der Waals surface area (Å²) in [5.74, 6) is 2.43. The molecule has 1 heterocycles. The van der Waals surface area contributed by atoms with Gasteiger partial charge in [-0.1, -0.05) is 84.5 Å². The minimum Gasteiger partial charge on any atom is -0.348 e. The Balaban J connectivity index is 2.11. The van der Waals surface area contributed by atoms with Crippen molar-refractivity contribution < 1.29 is 4.79 Å². The third kappa shape index (κ3) is 10.1. The normalized spacial score (nSPS) is 13.9. The maximum Gasteiger partial charge on any atom is 0.220 e. The molecule has 0 radical (unpaired) electrons. The minimum atomic E-state index is -0.109. The molecule has 2 rings (SSSR count). The molecule has 0 spiro atoms. The van der Waals surface area contributed by atoms with Crippen LogP contribution in [0.2, 0.25) is 0 Å². The molecule has 0 bridgehead atoms. The number of nitrogens with one attached hydrogen (secondary N) is 1. The zero-order valence-corrected chi connectivity index (χ0v) is 25.9. The van der Waals surface area contributed by atoms with Gasteiger partial charge in [-0.2, -0.15) is 0 Å². The summed E-state index contributed by atoms with van der Waals surface area (Å²) >= 11 is 0. The maximum atomic E-state index is 12.4. The summed E-state index contributed by atoms with van der Waals surface area (Å²) in [6.07, 6.45) is 8.94. The Morgan fingerprint density at radius 3 is 2.23 bits per heavy atom. The van der Waals surface area contributed by atoms with Gasteiger partial charge in [-0.05, 0) is 61.7 Å². The SMILES string of the molecule is C=C(/N=C(\C)[C@@H](NC(=O)CC(C)C)C(C)C)/C(C)=C/C=C(\C)c1ccc(-c2cn(C)c(CCC(C)C)n2)cc1. The van der Waals surface area contributed by atoms with Crippen LogP contribution in [0.15, 0.2) is 65.5 Å². The number of carbonyl (C=O) groups excluding carboxylic acids is 1. The molecule has 5 nitrogen and oxygen atoms in total. The van der Waals surface area contributed by atoms with Gasteiger partial charge < -0.3 is 9.88 Å². The first-order valence-corrected chi connectivity index (χ1v) is 14.3. The topological polar surface area (TPSA) is 59.3 Å². The summed E-state index contributed by atoms with van der Waals surface area (Å²) in [6.45, 7) is 23.1. The second-order valence-electron chi connectivity index (χ2n) is 11.9.